The van der Waals surface area contributed by atoms with Gasteiger partial charge in [-0.3, -0.25) is 0 Å². The van der Waals surface area contributed by atoms with E-state index in [9.17, 15) is 5.11 Å². The van der Waals surface area contributed by atoms with Crippen LogP contribution >= 0.6 is 15.9 Å². The third kappa shape index (κ3) is 1.31. The Kier molecular flexibility index (Phi) is 2.20. The number of phenolic OH excluding ortho intramolecular Hbond substituents is 1. The van der Waals surface area contributed by atoms with Gasteiger partial charge in [-0.2, -0.15) is 0 Å². The van der Waals surface area contributed by atoms with Gasteiger partial charge in [-0.1, -0.05) is 6.92 Å². The van der Waals surface area contributed by atoms with Crippen LogP contribution in [0.25, 0.3) is 0 Å². The lowest BCUT2D eigenvalue weighted by molar-refractivity contribution is 0.356. The first-order valence-electron chi connectivity index (χ1n) is 4.40. The zero-order chi connectivity index (χ0) is 9.42. The van der Waals surface area contributed by atoms with Crippen LogP contribution in [0.4, 0.5) is 0 Å². The topological polar surface area (TPSA) is 29.5 Å². The molecule has 1 N–H and O–H groups in total. The van der Waals surface area contributed by atoms with Crippen molar-refractivity contribution in [3.05, 3.63) is 21.7 Å². The number of fused-ring (bicyclic) bond motifs is 1. The second-order valence-corrected chi connectivity index (χ2v) is 3.92. The van der Waals surface area contributed by atoms with Gasteiger partial charge in [0.1, 0.15) is 11.5 Å². The highest BCUT2D eigenvalue weighted by atomic mass is 79.9. The van der Waals surface area contributed by atoms with E-state index in [-0.39, 0.29) is 0 Å². The molecule has 13 heavy (non-hydrogen) atoms. The monoisotopic (exact) mass is 242 g/mol. The predicted molar refractivity (Wildman–Crippen MR) is 54.4 cm³/mol. The van der Waals surface area contributed by atoms with E-state index in [1.807, 2.05) is 6.07 Å². The molecule has 1 aromatic carbocycles. The summed E-state index contributed by atoms with van der Waals surface area (Å²) >= 11 is 3.39. The normalized spacial score (nSPS) is 14.0. The second-order valence-electron chi connectivity index (χ2n) is 3.13. The molecule has 1 aromatic rings. The number of hydrogen-bond acceptors (Lipinski definition) is 2. The highest BCUT2D eigenvalue weighted by Crippen LogP contribution is 2.40. The summed E-state index contributed by atoms with van der Waals surface area (Å²) in [7, 11) is 0. The van der Waals surface area contributed by atoms with E-state index in [2.05, 4.69) is 22.9 Å². The lowest BCUT2D eigenvalue weighted by Gasteiger charge is -2.08. The fraction of sp³-hybridized carbons (Fsp3) is 0.400. The third-order valence-corrected chi connectivity index (χ3v) is 3.25. The van der Waals surface area contributed by atoms with Gasteiger partial charge in [-0.25, -0.2) is 0 Å². The molecule has 1 aliphatic heterocycles. The summed E-state index contributed by atoms with van der Waals surface area (Å²) in [5.74, 6) is 1.20. The number of rotatable bonds is 1. The number of hydrogen-bond donors (Lipinski definition) is 1. The van der Waals surface area contributed by atoms with Crippen LogP contribution in [0.5, 0.6) is 11.5 Å². The van der Waals surface area contributed by atoms with Gasteiger partial charge in [0.15, 0.2) is 0 Å². The van der Waals surface area contributed by atoms with Gasteiger partial charge in [0.25, 0.3) is 0 Å². The lowest BCUT2D eigenvalue weighted by atomic mass is 10.1. The maximum atomic E-state index is 9.80. The van der Waals surface area contributed by atoms with E-state index in [0.717, 1.165) is 34.2 Å². The zero-order valence-corrected chi connectivity index (χ0v) is 9.02. The van der Waals surface area contributed by atoms with Gasteiger partial charge in [0, 0.05) is 12.0 Å². The van der Waals surface area contributed by atoms with Gasteiger partial charge in [0.2, 0.25) is 0 Å². The summed E-state index contributed by atoms with van der Waals surface area (Å²) in [5, 5.41) is 9.80. The second kappa shape index (κ2) is 3.22. The Morgan fingerprint density at radius 2 is 2.38 bits per heavy atom. The summed E-state index contributed by atoms with van der Waals surface area (Å²) < 4.78 is 6.21. The van der Waals surface area contributed by atoms with Crippen LogP contribution in [-0.4, -0.2) is 11.7 Å². The molecule has 0 saturated heterocycles. The lowest BCUT2D eigenvalue weighted by Crippen LogP contribution is -1.88. The molecule has 2 rings (SSSR count). The average molecular weight is 243 g/mol. The fourth-order valence-corrected chi connectivity index (χ4v) is 2.23. The largest absolute Gasteiger partial charge is 0.506 e. The molecular formula is C10H11BrO2. The van der Waals surface area contributed by atoms with Crippen molar-refractivity contribution in [2.24, 2.45) is 0 Å². The molecule has 0 spiro atoms. The van der Waals surface area contributed by atoms with Crippen molar-refractivity contribution < 1.29 is 9.84 Å². The van der Waals surface area contributed by atoms with Crippen LogP contribution in [-0.2, 0) is 12.8 Å². The molecule has 2 nitrogen and oxygen atoms in total. The van der Waals surface area contributed by atoms with Crippen LogP contribution in [0.1, 0.15) is 18.1 Å². The molecule has 0 amide bonds. The van der Waals surface area contributed by atoms with E-state index >= 15 is 0 Å². The number of halogens is 1. The van der Waals surface area contributed by atoms with Crippen molar-refractivity contribution in [1.82, 2.24) is 0 Å². The predicted octanol–water partition coefficient (Wildman–Crippen LogP) is 2.65. The molecule has 0 fully saturated rings. The molecule has 0 aliphatic carbocycles. The molecule has 0 unspecified atom stereocenters. The Morgan fingerprint density at radius 3 is 3.08 bits per heavy atom. The van der Waals surface area contributed by atoms with E-state index in [1.54, 1.807) is 0 Å². The third-order valence-electron chi connectivity index (χ3n) is 2.37. The Bertz CT molecular complexity index is 347. The minimum Gasteiger partial charge on any atom is -0.506 e. The number of benzene rings is 1. The summed E-state index contributed by atoms with van der Waals surface area (Å²) in [4.78, 5) is 0. The maximum Gasteiger partial charge on any atom is 0.137 e. The molecule has 0 radical (unpaired) electrons. The van der Waals surface area contributed by atoms with Crippen LogP contribution in [0.3, 0.4) is 0 Å². The first-order valence-corrected chi connectivity index (χ1v) is 5.19. The van der Waals surface area contributed by atoms with Gasteiger partial charge in [0.05, 0.1) is 11.1 Å². The van der Waals surface area contributed by atoms with Crippen LogP contribution in [0, 0.1) is 0 Å². The number of aryl methyl sites for hydroxylation is 1. The van der Waals surface area contributed by atoms with Crippen molar-refractivity contribution in [2.75, 3.05) is 6.61 Å². The Morgan fingerprint density at radius 1 is 1.62 bits per heavy atom. The Labute approximate surface area is 85.7 Å². The number of ether oxygens (including phenoxy) is 1. The van der Waals surface area contributed by atoms with Crippen molar-refractivity contribution in [2.45, 2.75) is 19.8 Å². The van der Waals surface area contributed by atoms with E-state index in [1.165, 1.54) is 0 Å². The van der Waals surface area contributed by atoms with E-state index < -0.39 is 0 Å². The SMILES string of the molecule is CCc1cc2c(c(O)c1Br)CCO2. The molecule has 0 atom stereocenters. The van der Waals surface area contributed by atoms with Crippen LogP contribution in [0.15, 0.2) is 10.5 Å². The smallest absolute Gasteiger partial charge is 0.137 e. The molecule has 0 bridgehead atoms. The van der Waals surface area contributed by atoms with Crippen LogP contribution < -0.4 is 4.74 Å². The van der Waals surface area contributed by atoms with Crippen molar-refractivity contribution >= 4 is 15.9 Å². The Hall–Kier alpha value is -0.700. The zero-order valence-electron chi connectivity index (χ0n) is 7.43. The maximum absolute atomic E-state index is 9.80. The summed E-state index contributed by atoms with van der Waals surface area (Å²) in [6.07, 6.45) is 1.70. The van der Waals surface area contributed by atoms with Crippen molar-refractivity contribution in [3.8, 4) is 11.5 Å². The molecule has 70 valence electrons. The van der Waals surface area contributed by atoms with E-state index in [4.69, 9.17) is 4.74 Å². The van der Waals surface area contributed by atoms with Crippen LogP contribution in [0.2, 0.25) is 0 Å². The van der Waals surface area contributed by atoms with Gasteiger partial charge >= 0.3 is 0 Å². The fourth-order valence-electron chi connectivity index (χ4n) is 1.60. The summed E-state index contributed by atoms with van der Waals surface area (Å²) in [5.41, 5.74) is 2.03. The van der Waals surface area contributed by atoms with Gasteiger partial charge in [-0.15, -0.1) is 0 Å². The minimum atomic E-state index is 0.354. The van der Waals surface area contributed by atoms with Crippen molar-refractivity contribution in [3.63, 3.8) is 0 Å². The van der Waals surface area contributed by atoms with Crippen molar-refractivity contribution in [1.29, 1.82) is 0 Å². The number of aromatic hydroxyl groups is 1. The first-order chi connectivity index (χ1) is 6.24. The molecule has 1 aliphatic rings. The highest BCUT2D eigenvalue weighted by Gasteiger charge is 2.20. The summed E-state index contributed by atoms with van der Waals surface area (Å²) in [6, 6.07) is 2.01. The highest BCUT2D eigenvalue weighted by molar-refractivity contribution is 9.10. The first kappa shape index (κ1) is 8.88. The van der Waals surface area contributed by atoms with E-state index in [0.29, 0.717) is 12.4 Å². The molecule has 3 heteroatoms. The average Bonchev–Trinajstić information content (AvgIpc) is 2.59. The molecular weight excluding hydrogens is 232 g/mol. The summed E-state index contributed by atoms with van der Waals surface area (Å²) in [6.45, 7) is 2.74. The van der Waals surface area contributed by atoms with Gasteiger partial charge < -0.3 is 9.84 Å². The van der Waals surface area contributed by atoms with Gasteiger partial charge in [-0.05, 0) is 34.0 Å². The minimum absolute atomic E-state index is 0.354. The Balaban J connectivity index is 2.61. The molecule has 0 saturated carbocycles. The quantitative estimate of drug-likeness (QED) is 0.821. The molecule has 0 aromatic heterocycles. The standard InChI is InChI=1S/C10H11BrO2/c1-2-6-5-8-7(3-4-13-8)10(12)9(6)11/h5,12H,2-4H2,1H3. The number of phenols is 1. The molecule has 1 heterocycles.